The first-order valence-electron chi connectivity index (χ1n) is 15.8. The van der Waals surface area contributed by atoms with E-state index in [9.17, 15) is 10.2 Å². The molecule has 0 spiro atoms. The summed E-state index contributed by atoms with van der Waals surface area (Å²) in [4.78, 5) is 13.8. The molecule has 4 aliphatic heterocycles. The molecule has 4 aromatic rings. The van der Waals surface area contributed by atoms with E-state index < -0.39 is 11.6 Å². The molecule has 4 fully saturated rings. The van der Waals surface area contributed by atoms with Crippen molar-refractivity contribution in [1.29, 1.82) is 0 Å². The number of hydrogen-bond acceptors (Lipinski definition) is 8. The van der Waals surface area contributed by atoms with Crippen LogP contribution in [-0.4, -0.2) is 81.1 Å². The van der Waals surface area contributed by atoms with Gasteiger partial charge >= 0.3 is 6.01 Å². The van der Waals surface area contributed by atoms with E-state index in [0.29, 0.717) is 41.3 Å². The van der Waals surface area contributed by atoms with Crippen LogP contribution in [0, 0.1) is 11.6 Å². The molecule has 4 aliphatic rings. The number of hydrogen-bond donors (Lipinski definition) is 3. The number of aromatic hydroxyl groups is 1. The molecule has 3 N–H and O–H groups in total. The Morgan fingerprint density at radius 3 is 2.82 bits per heavy atom. The highest BCUT2D eigenvalue weighted by molar-refractivity contribution is 6.36. The van der Waals surface area contributed by atoms with Gasteiger partial charge in [0, 0.05) is 57.6 Å². The first-order chi connectivity index (χ1) is 21.7. The van der Waals surface area contributed by atoms with Gasteiger partial charge in [0.1, 0.15) is 29.5 Å². The monoisotopic (exact) mass is 635 g/mol. The van der Waals surface area contributed by atoms with E-state index in [1.807, 2.05) is 0 Å². The van der Waals surface area contributed by atoms with Crippen LogP contribution in [0.15, 0.2) is 36.4 Å². The Morgan fingerprint density at radius 2 is 2.00 bits per heavy atom. The molecule has 0 radical (unpaired) electrons. The summed E-state index contributed by atoms with van der Waals surface area (Å²) in [5.41, 5.74) is -0.558. The number of phenols is 1. The van der Waals surface area contributed by atoms with Gasteiger partial charge in [0.25, 0.3) is 0 Å². The highest BCUT2D eigenvalue weighted by Gasteiger charge is 2.49. The Labute approximate surface area is 265 Å². The molecule has 2 bridgehead atoms. The fourth-order valence-electron chi connectivity index (χ4n) is 8.56. The van der Waals surface area contributed by atoms with Gasteiger partial charge in [-0.3, -0.25) is 4.90 Å². The van der Waals surface area contributed by atoms with Crippen molar-refractivity contribution in [3.63, 3.8) is 0 Å². The van der Waals surface area contributed by atoms with Crippen LogP contribution in [0.25, 0.3) is 32.8 Å². The van der Waals surface area contributed by atoms with Crippen molar-refractivity contribution in [3.05, 3.63) is 53.1 Å². The zero-order valence-corrected chi connectivity index (χ0v) is 25.9. The highest BCUT2D eigenvalue weighted by atomic mass is 35.5. The first-order valence-corrected chi connectivity index (χ1v) is 16.2. The summed E-state index contributed by atoms with van der Waals surface area (Å²) in [6, 6.07) is 9.62. The van der Waals surface area contributed by atoms with E-state index in [-0.39, 0.29) is 63.6 Å². The van der Waals surface area contributed by atoms with Gasteiger partial charge in [-0.05, 0) is 81.6 Å². The van der Waals surface area contributed by atoms with Crippen molar-refractivity contribution in [2.75, 3.05) is 37.7 Å². The van der Waals surface area contributed by atoms with E-state index >= 15 is 8.78 Å². The van der Waals surface area contributed by atoms with Gasteiger partial charge < -0.3 is 25.2 Å². The van der Waals surface area contributed by atoms with E-state index in [0.717, 1.165) is 45.1 Å². The van der Waals surface area contributed by atoms with Gasteiger partial charge in [-0.1, -0.05) is 23.7 Å². The molecule has 4 saturated heterocycles. The minimum atomic E-state index is -0.866. The fourth-order valence-corrected chi connectivity index (χ4v) is 8.85. The molecular formula is C34H36ClF2N5O3. The number of rotatable bonds is 6. The van der Waals surface area contributed by atoms with Gasteiger partial charge in [-0.25, -0.2) is 8.78 Å². The quantitative estimate of drug-likeness (QED) is 0.245. The van der Waals surface area contributed by atoms with Crippen LogP contribution in [0.4, 0.5) is 14.6 Å². The van der Waals surface area contributed by atoms with E-state index in [1.54, 1.807) is 18.2 Å². The third-order valence-electron chi connectivity index (χ3n) is 10.6. The molecule has 0 aliphatic carbocycles. The first kappa shape index (κ1) is 29.1. The number of piperazine rings is 1. The average Bonchev–Trinajstić information content (AvgIpc) is 3.66. The molecule has 3 aromatic carbocycles. The van der Waals surface area contributed by atoms with Crippen molar-refractivity contribution < 1.29 is 23.7 Å². The number of ether oxygens (including phenoxy) is 1. The highest BCUT2D eigenvalue weighted by Crippen LogP contribution is 2.44. The van der Waals surface area contributed by atoms with Gasteiger partial charge in [-0.2, -0.15) is 9.97 Å². The normalized spacial score (nSPS) is 28.0. The average molecular weight is 636 g/mol. The van der Waals surface area contributed by atoms with Crippen LogP contribution < -0.4 is 15.0 Å². The standard InChI is InChI=1S/C34H36ClF2N5O3/c1-33-9-6-20(40-33)15-41(17-33)31-24-14-26(36)28(23-13-22(44)12-19-4-2-5-25(35)27(19)23)29(37)30(24)38-32(39-31)45-16-21-7-10-34(18-43)8-3-11-42(21)34/h2,4-5,12-14,20-21,40,43-44H,3,6-11,15-18H2,1H3/t20?,21-,33-,34-/m0/s1. The van der Waals surface area contributed by atoms with Gasteiger partial charge in [0.15, 0.2) is 5.82 Å². The molecule has 8 nitrogen and oxygen atoms in total. The van der Waals surface area contributed by atoms with E-state index in [1.165, 1.54) is 18.2 Å². The van der Waals surface area contributed by atoms with Crippen LogP contribution >= 0.6 is 11.6 Å². The van der Waals surface area contributed by atoms with Crippen LogP contribution in [0.1, 0.15) is 45.4 Å². The summed E-state index contributed by atoms with van der Waals surface area (Å²) < 4.78 is 39.2. The largest absolute Gasteiger partial charge is 0.508 e. The molecule has 5 heterocycles. The van der Waals surface area contributed by atoms with Crippen molar-refractivity contribution >= 4 is 39.1 Å². The fraction of sp³-hybridized carbons (Fsp3) is 0.471. The van der Waals surface area contributed by atoms with Crippen molar-refractivity contribution in [3.8, 4) is 22.9 Å². The summed E-state index contributed by atoms with van der Waals surface area (Å²) in [5, 5.41) is 25.9. The molecule has 236 valence electrons. The summed E-state index contributed by atoms with van der Waals surface area (Å²) in [7, 11) is 0. The number of anilines is 1. The third kappa shape index (κ3) is 4.71. The lowest BCUT2D eigenvalue weighted by Gasteiger charge is -2.40. The minimum Gasteiger partial charge on any atom is -0.508 e. The van der Waals surface area contributed by atoms with Crippen LogP contribution in [-0.2, 0) is 0 Å². The molecule has 45 heavy (non-hydrogen) atoms. The van der Waals surface area contributed by atoms with Crippen molar-refractivity contribution in [1.82, 2.24) is 20.2 Å². The number of aromatic nitrogens is 2. The summed E-state index contributed by atoms with van der Waals surface area (Å²) >= 11 is 6.54. The van der Waals surface area contributed by atoms with Gasteiger partial charge in [0.2, 0.25) is 0 Å². The second-order valence-corrected chi connectivity index (χ2v) is 14.0. The Morgan fingerprint density at radius 1 is 1.13 bits per heavy atom. The van der Waals surface area contributed by atoms with Gasteiger partial charge in [0.05, 0.1) is 12.2 Å². The molecule has 0 amide bonds. The maximum Gasteiger partial charge on any atom is 0.319 e. The lowest BCUT2D eigenvalue weighted by molar-refractivity contribution is 0.0615. The minimum absolute atomic E-state index is 0.0319. The zero-order valence-electron chi connectivity index (χ0n) is 25.1. The number of phenolic OH excluding ortho intramolecular Hbond substituents is 1. The summed E-state index contributed by atoms with van der Waals surface area (Å²) in [6.45, 7) is 4.76. The topological polar surface area (TPSA) is 94.0 Å². The molecule has 1 unspecified atom stereocenters. The Kier molecular flexibility index (Phi) is 6.87. The number of fused-ring (bicyclic) bond motifs is 5. The lowest BCUT2D eigenvalue weighted by Crippen LogP contribution is -2.58. The molecule has 4 atom stereocenters. The molecule has 1 aromatic heterocycles. The van der Waals surface area contributed by atoms with E-state index in [4.69, 9.17) is 21.3 Å². The zero-order chi connectivity index (χ0) is 31.1. The van der Waals surface area contributed by atoms with Gasteiger partial charge in [-0.15, -0.1) is 0 Å². The number of nitrogens with one attached hydrogen (secondary N) is 1. The number of aliphatic hydroxyl groups is 1. The second-order valence-electron chi connectivity index (χ2n) is 13.6. The Hall–Kier alpha value is -3.31. The van der Waals surface area contributed by atoms with Crippen LogP contribution in [0.2, 0.25) is 5.02 Å². The van der Waals surface area contributed by atoms with Crippen LogP contribution in [0.3, 0.4) is 0 Å². The smallest absolute Gasteiger partial charge is 0.319 e. The Bertz CT molecular complexity index is 1840. The predicted octanol–water partition coefficient (Wildman–Crippen LogP) is 5.79. The Balaban J connectivity index is 1.26. The molecule has 11 heteroatoms. The molecule has 0 saturated carbocycles. The SMILES string of the molecule is C[C@]12CCC(CN(c3nc(OC[C@@H]4CC[C@]5(CO)CCCN45)nc4c(F)c(-c5cc(O)cc6cccc(Cl)c56)c(F)cc34)C1)N2. The van der Waals surface area contributed by atoms with Crippen molar-refractivity contribution in [2.24, 2.45) is 0 Å². The summed E-state index contributed by atoms with van der Waals surface area (Å²) in [6.07, 6.45) is 5.80. The summed E-state index contributed by atoms with van der Waals surface area (Å²) in [5.74, 6) is -1.35. The van der Waals surface area contributed by atoms with Crippen molar-refractivity contribution in [2.45, 2.75) is 68.6 Å². The number of nitrogens with zero attached hydrogens (tertiary/aromatic N) is 4. The molecular weight excluding hydrogens is 600 g/mol. The number of aliphatic hydroxyl groups excluding tert-OH is 1. The third-order valence-corrected chi connectivity index (χ3v) is 10.9. The second kappa shape index (κ2) is 10.6. The maximum absolute atomic E-state index is 16.8. The number of halogens is 3. The van der Waals surface area contributed by atoms with E-state index in [2.05, 4.69) is 27.0 Å². The predicted molar refractivity (Wildman–Crippen MR) is 170 cm³/mol. The number of benzene rings is 3. The van der Waals surface area contributed by atoms with Crippen LogP contribution in [0.5, 0.6) is 11.8 Å². The maximum atomic E-state index is 16.8. The molecule has 8 rings (SSSR count). The lowest BCUT2D eigenvalue weighted by atomic mass is 9.95.